The quantitative estimate of drug-likeness (QED) is 0.825. The minimum atomic E-state index is 0.477. The van der Waals surface area contributed by atoms with Gasteiger partial charge in [0, 0.05) is 18.6 Å². The normalized spacial score (nSPS) is 9.88. The number of benzene rings is 1. The average Bonchev–Trinajstić information content (AvgIpc) is 2.32. The number of rotatable bonds is 4. The van der Waals surface area contributed by atoms with Crippen molar-refractivity contribution in [3.05, 3.63) is 22.2 Å². The first-order valence-corrected chi connectivity index (χ1v) is 5.82. The van der Waals surface area contributed by atoms with Crippen LogP contribution in [0.25, 0.3) is 0 Å². The second-order valence-electron chi connectivity index (χ2n) is 4.01. The van der Waals surface area contributed by atoms with Crippen molar-refractivity contribution < 1.29 is 4.74 Å². The molecule has 0 aliphatic carbocycles. The first-order valence-electron chi connectivity index (χ1n) is 5.44. The summed E-state index contributed by atoms with van der Waals surface area (Å²) in [6.45, 7) is 4.58. The smallest absolute Gasteiger partial charge is 0.142 e. The zero-order valence-corrected chi connectivity index (χ0v) is 11.4. The van der Waals surface area contributed by atoms with Crippen LogP contribution in [0.5, 0.6) is 5.75 Å². The lowest BCUT2D eigenvalue weighted by Gasteiger charge is -2.24. The zero-order valence-electron chi connectivity index (χ0n) is 10.7. The second kappa shape index (κ2) is 5.79. The van der Waals surface area contributed by atoms with Gasteiger partial charge in [0.25, 0.3) is 0 Å². The van der Waals surface area contributed by atoms with Gasteiger partial charge in [-0.25, -0.2) is 0 Å². The van der Waals surface area contributed by atoms with E-state index in [1.165, 1.54) is 0 Å². The highest BCUT2D eigenvalue weighted by Crippen LogP contribution is 2.37. The van der Waals surface area contributed by atoms with Gasteiger partial charge in [0.1, 0.15) is 5.75 Å². The maximum Gasteiger partial charge on any atom is 0.142 e. The Bertz CT molecular complexity index is 452. The van der Waals surface area contributed by atoms with Crippen LogP contribution in [-0.4, -0.2) is 20.7 Å². The summed E-state index contributed by atoms with van der Waals surface area (Å²) in [5, 5.41) is 9.38. The lowest BCUT2D eigenvalue weighted by molar-refractivity contribution is 0.414. The number of nitrogens with zero attached hydrogens (tertiary/aromatic N) is 2. The molecule has 0 amide bonds. The van der Waals surface area contributed by atoms with Gasteiger partial charge in [0.05, 0.1) is 25.3 Å². The van der Waals surface area contributed by atoms with E-state index in [4.69, 9.17) is 21.6 Å². The Morgan fingerprint density at radius 1 is 1.47 bits per heavy atom. The van der Waals surface area contributed by atoms with Gasteiger partial charge < -0.3 is 9.64 Å². The maximum atomic E-state index is 8.62. The minimum Gasteiger partial charge on any atom is -0.495 e. The fourth-order valence-corrected chi connectivity index (χ4v) is 2.02. The van der Waals surface area contributed by atoms with Gasteiger partial charge in [0.15, 0.2) is 0 Å². The Kier molecular flexibility index (Phi) is 4.65. The van der Waals surface area contributed by atoms with Crippen molar-refractivity contribution in [3.8, 4) is 11.8 Å². The van der Waals surface area contributed by atoms with E-state index in [1.54, 1.807) is 7.11 Å². The third-order valence-electron chi connectivity index (χ3n) is 2.77. The summed E-state index contributed by atoms with van der Waals surface area (Å²) in [5.74, 6) is 0.796. The molecule has 0 unspecified atom stereocenters. The number of hydrogen-bond acceptors (Lipinski definition) is 3. The number of aryl methyl sites for hydroxylation is 1. The van der Waals surface area contributed by atoms with Crippen LogP contribution in [0.4, 0.5) is 5.69 Å². The Labute approximate surface area is 108 Å². The highest BCUT2D eigenvalue weighted by atomic mass is 35.5. The van der Waals surface area contributed by atoms with E-state index in [1.807, 2.05) is 31.9 Å². The number of ether oxygens (including phenoxy) is 1. The molecule has 0 bridgehead atoms. The van der Waals surface area contributed by atoms with Crippen LogP contribution in [0.3, 0.4) is 0 Å². The third kappa shape index (κ3) is 2.83. The van der Waals surface area contributed by atoms with Crippen molar-refractivity contribution in [3.63, 3.8) is 0 Å². The molecular formula is C13H17ClN2O. The van der Waals surface area contributed by atoms with Crippen molar-refractivity contribution in [1.29, 1.82) is 5.26 Å². The van der Waals surface area contributed by atoms with Crippen molar-refractivity contribution in [2.45, 2.75) is 20.3 Å². The van der Waals surface area contributed by atoms with Gasteiger partial charge >= 0.3 is 0 Å². The van der Waals surface area contributed by atoms with Gasteiger partial charge in [-0.05, 0) is 31.0 Å². The zero-order chi connectivity index (χ0) is 13.0. The van der Waals surface area contributed by atoms with Gasteiger partial charge in [-0.15, -0.1) is 0 Å². The SMILES string of the molecule is COc1cc(C)c(Cl)c(C)c1N(C)CCC#N. The van der Waals surface area contributed by atoms with E-state index in [0.29, 0.717) is 13.0 Å². The number of hydrogen-bond donors (Lipinski definition) is 0. The van der Waals surface area contributed by atoms with Crippen LogP contribution >= 0.6 is 11.6 Å². The Morgan fingerprint density at radius 3 is 2.65 bits per heavy atom. The monoisotopic (exact) mass is 252 g/mol. The molecule has 0 aliphatic heterocycles. The first kappa shape index (κ1) is 13.7. The molecule has 0 spiro atoms. The van der Waals surface area contributed by atoms with E-state index in [9.17, 15) is 0 Å². The average molecular weight is 253 g/mol. The van der Waals surface area contributed by atoms with Crippen molar-refractivity contribution in [2.75, 3.05) is 25.6 Å². The molecule has 0 N–H and O–H groups in total. The van der Waals surface area contributed by atoms with Gasteiger partial charge in [-0.1, -0.05) is 11.6 Å². The molecule has 1 aromatic carbocycles. The van der Waals surface area contributed by atoms with Crippen LogP contribution in [0, 0.1) is 25.2 Å². The van der Waals surface area contributed by atoms with E-state index >= 15 is 0 Å². The number of nitriles is 1. The van der Waals surface area contributed by atoms with Crippen LogP contribution in [-0.2, 0) is 0 Å². The van der Waals surface area contributed by atoms with Crippen LogP contribution in [0.1, 0.15) is 17.5 Å². The summed E-state index contributed by atoms with van der Waals surface area (Å²) in [6.07, 6.45) is 0.477. The fourth-order valence-electron chi connectivity index (χ4n) is 1.87. The van der Waals surface area contributed by atoms with E-state index < -0.39 is 0 Å². The molecule has 0 atom stereocenters. The van der Waals surface area contributed by atoms with E-state index in [2.05, 4.69) is 6.07 Å². The van der Waals surface area contributed by atoms with E-state index in [-0.39, 0.29) is 0 Å². The molecule has 17 heavy (non-hydrogen) atoms. The summed E-state index contributed by atoms with van der Waals surface area (Å²) in [5.41, 5.74) is 2.95. The van der Waals surface area contributed by atoms with Gasteiger partial charge in [0.2, 0.25) is 0 Å². The Morgan fingerprint density at radius 2 is 2.12 bits per heavy atom. The largest absolute Gasteiger partial charge is 0.495 e. The molecule has 0 fully saturated rings. The first-order chi connectivity index (χ1) is 8.02. The summed E-state index contributed by atoms with van der Waals surface area (Å²) in [6, 6.07) is 4.06. The predicted octanol–water partition coefficient (Wildman–Crippen LogP) is 3.32. The number of anilines is 1. The highest BCUT2D eigenvalue weighted by molar-refractivity contribution is 6.32. The maximum absolute atomic E-state index is 8.62. The molecule has 92 valence electrons. The topological polar surface area (TPSA) is 36.3 Å². The van der Waals surface area contributed by atoms with Crippen LogP contribution in [0.2, 0.25) is 5.02 Å². The van der Waals surface area contributed by atoms with Crippen LogP contribution in [0.15, 0.2) is 6.07 Å². The van der Waals surface area contributed by atoms with Gasteiger partial charge in [-0.3, -0.25) is 0 Å². The molecular weight excluding hydrogens is 236 g/mol. The molecule has 1 rings (SSSR count). The third-order valence-corrected chi connectivity index (χ3v) is 3.35. The summed E-state index contributed by atoms with van der Waals surface area (Å²) in [4.78, 5) is 2.00. The highest BCUT2D eigenvalue weighted by Gasteiger charge is 2.15. The van der Waals surface area contributed by atoms with E-state index in [0.717, 1.165) is 27.6 Å². The molecule has 3 nitrogen and oxygen atoms in total. The molecule has 1 aromatic rings. The Balaban J connectivity index is 3.21. The summed E-state index contributed by atoms with van der Waals surface area (Å²) >= 11 is 6.24. The van der Waals surface area contributed by atoms with Crippen molar-refractivity contribution in [1.82, 2.24) is 0 Å². The molecule has 0 radical (unpaired) electrons. The fraction of sp³-hybridized carbons (Fsp3) is 0.462. The summed E-state index contributed by atoms with van der Waals surface area (Å²) in [7, 11) is 3.58. The standard InChI is InChI=1S/C13H17ClN2O/c1-9-8-11(17-4)13(10(2)12(9)14)16(3)7-5-6-15/h8H,5,7H2,1-4H3. The molecule has 0 saturated heterocycles. The second-order valence-corrected chi connectivity index (χ2v) is 4.39. The predicted molar refractivity (Wildman–Crippen MR) is 71.0 cm³/mol. The lowest BCUT2D eigenvalue weighted by atomic mass is 10.1. The lowest BCUT2D eigenvalue weighted by Crippen LogP contribution is -2.20. The van der Waals surface area contributed by atoms with Crippen molar-refractivity contribution >= 4 is 17.3 Å². The van der Waals surface area contributed by atoms with Gasteiger partial charge in [-0.2, -0.15) is 5.26 Å². The molecule has 4 heteroatoms. The molecule has 0 saturated carbocycles. The van der Waals surface area contributed by atoms with Crippen molar-refractivity contribution in [2.24, 2.45) is 0 Å². The van der Waals surface area contributed by atoms with Crippen LogP contribution < -0.4 is 9.64 Å². The number of methoxy groups -OCH3 is 1. The molecule has 0 aromatic heterocycles. The molecule has 0 aliphatic rings. The minimum absolute atomic E-state index is 0.477. The number of halogens is 1. The Hall–Kier alpha value is -1.40. The summed E-state index contributed by atoms with van der Waals surface area (Å²) < 4.78 is 5.38. The molecule has 0 heterocycles.